The fraction of sp³-hybridized carbons (Fsp3) is 0.562. The number of aliphatic imine (C=N–C) groups is 1. The molecular formula is C16H24IN3. The molecule has 2 N–H and O–H groups in total. The van der Waals surface area contributed by atoms with Crippen LogP contribution in [0.5, 0.6) is 0 Å². The summed E-state index contributed by atoms with van der Waals surface area (Å²) in [6.45, 7) is 0.833. The van der Waals surface area contributed by atoms with Gasteiger partial charge in [0.1, 0.15) is 0 Å². The van der Waals surface area contributed by atoms with Crippen LogP contribution in [0.25, 0.3) is 0 Å². The maximum absolute atomic E-state index is 6.07. The van der Waals surface area contributed by atoms with Crippen LogP contribution in [0.4, 0.5) is 0 Å². The molecule has 110 valence electrons. The van der Waals surface area contributed by atoms with Gasteiger partial charge >= 0.3 is 0 Å². The molecule has 0 amide bonds. The molecule has 1 aromatic rings. The number of rotatable bonds is 3. The molecule has 1 saturated carbocycles. The van der Waals surface area contributed by atoms with Crippen molar-refractivity contribution in [2.24, 2.45) is 10.7 Å². The topological polar surface area (TPSA) is 41.6 Å². The Hall–Kier alpha value is -0.780. The molecule has 0 radical (unpaired) electrons. The van der Waals surface area contributed by atoms with E-state index in [1.165, 1.54) is 43.2 Å². The van der Waals surface area contributed by atoms with Crippen molar-refractivity contribution in [1.29, 1.82) is 0 Å². The van der Waals surface area contributed by atoms with Crippen LogP contribution in [0, 0.1) is 0 Å². The Morgan fingerprint density at radius 2 is 2.05 bits per heavy atom. The Bertz CT molecular complexity index is 482. The van der Waals surface area contributed by atoms with Gasteiger partial charge in [0.15, 0.2) is 5.96 Å². The third-order valence-corrected chi connectivity index (χ3v) is 4.42. The van der Waals surface area contributed by atoms with Gasteiger partial charge in [-0.05, 0) is 43.2 Å². The molecule has 2 aliphatic carbocycles. The van der Waals surface area contributed by atoms with Crippen LogP contribution in [0.2, 0.25) is 0 Å². The van der Waals surface area contributed by atoms with Gasteiger partial charge < -0.3 is 10.6 Å². The van der Waals surface area contributed by atoms with E-state index in [0.717, 1.165) is 6.54 Å². The van der Waals surface area contributed by atoms with Gasteiger partial charge in [-0.1, -0.05) is 24.3 Å². The minimum absolute atomic E-state index is 0. The highest BCUT2D eigenvalue weighted by Gasteiger charge is 2.27. The largest absolute Gasteiger partial charge is 0.370 e. The molecule has 1 unspecified atom stereocenters. The first-order valence-corrected chi connectivity index (χ1v) is 7.36. The Morgan fingerprint density at radius 1 is 1.30 bits per heavy atom. The number of halogens is 1. The number of aryl methyl sites for hydroxylation is 1. The van der Waals surface area contributed by atoms with E-state index in [4.69, 9.17) is 5.73 Å². The summed E-state index contributed by atoms with van der Waals surface area (Å²) in [5.41, 5.74) is 9.06. The summed E-state index contributed by atoms with van der Waals surface area (Å²) in [5, 5.41) is 0. The van der Waals surface area contributed by atoms with Crippen LogP contribution < -0.4 is 5.73 Å². The van der Waals surface area contributed by atoms with Gasteiger partial charge in [-0.2, -0.15) is 0 Å². The maximum Gasteiger partial charge on any atom is 0.191 e. The molecule has 2 aliphatic rings. The lowest BCUT2D eigenvalue weighted by atomic mass is 9.83. The molecule has 0 saturated heterocycles. The van der Waals surface area contributed by atoms with Gasteiger partial charge in [-0.15, -0.1) is 24.0 Å². The molecule has 3 rings (SSSR count). The molecule has 1 aromatic carbocycles. The summed E-state index contributed by atoms with van der Waals surface area (Å²) in [6.07, 6.45) is 6.25. The number of fused-ring (bicyclic) bond motifs is 1. The van der Waals surface area contributed by atoms with Gasteiger partial charge in [-0.25, -0.2) is 0 Å². The highest BCUT2D eigenvalue weighted by molar-refractivity contribution is 14.0. The van der Waals surface area contributed by atoms with Gasteiger partial charge in [0.25, 0.3) is 0 Å². The average molecular weight is 385 g/mol. The van der Waals surface area contributed by atoms with Crippen LogP contribution in [-0.2, 0) is 6.42 Å². The maximum atomic E-state index is 6.07. The number of hydrogen-bond acceptors (Lipinski definition) is 1. The first kappa shape index (κ1) is 15.6. The van der Waals surface area contributed by atoms with Crippen molar-refractivity contribution in [3.8, 4) is 0 Å². The zero-order chi connectivity index (χ0) is 13.2. The van der Waals surface area contributed by atoms with Gasteiger partial charge in [-0.3, -0.25) is 4.99 Å². The molecule has 0 aromatic heterocycles. The van der Waals surface area contributed by atoms with E-state index in [9.17, 15) is 0 Å². The van der Waals surface area contributed by atoms with Crippen molar-refractivity contribution < 1.29 is 0 Å². The summed E-state index contributed by atoms with van der Waals surface area (Å²) in [4.78, 5) is 6.76. The van der Waals surface area contributed by atoms with E-state index in [2.05, 4.69) is 41.2 Å². The van der Waals surface area contributed by atoms with Crippen LogP contribution in [0.3, 0.4) is 0 Å². The lowest BCUT2D eigenvalue weighted by Crippen LogP contribution is -2.36. The minimum atomic E-state index is 0. The quantitative estimate of drug-likeness (QED) is 0.494. The predicted octanol–water partition coefficient (Wildman–Crippen LogP) is 3.13. The first-order valence-electron chi connectivity index (χ1n) is 7.36. The predicted molar refractivity (Wildman–Crippen MR) is 94.8 cm³/mol. The molecule has 0 spiro atoms. The summed E-state index contributed by atoms with van der Waals surface area (Å²) in [6, 6.07) is 9.43. The smallest absolute Gasteiger partial charge is 0.191 e. The highest BCUT2D eigenvalue weighted by atomic mass is 127. The fourth-order valence-electron chi connectivity index (χ4n) is 3.01. The Balaban J connectivity index is 0.00000147. The molecule has 20 heavy (non-hydrogen) atoms. The van der Waals surface area contributed by atoms with Crippen LogP contribution >= 0.6 is 24.0 Å². The van der Waals surface area contributed by atoms with Crippen molar-refractivity contribution in [2.75, 3.05) is 13.6 Å². The molecule has 1 atom stereocenters. The average Bonchev–Trinajstić information content (AvgIpc) is 3.28. The summed E-state index contributed by atoms with van der Waals surface area (Å²) >= 11 is 0. The number of hydrogen-bond donors (Lipinski definition) is 1. The summed E-state index contributed by atoms with van der Waals surface area (Å²) in [5.74, 6) is 1.27. The third kappa shape index (κ3) is 3.45. The Kier molecular flexibility index (Phi) is 5.29. The number of benzene rings is 1. The highest BCUT2D eigenvalue weighted by Crippen LogP contribution is 2.31. The summed E-state index contributed by atoms with van der Waals surface area (Å²) in [7, 11) is 2.06. The molecule has 3 nitrogen and oxygen atoms in total. The van der Waals surface area contributed by atoms with Gasteiger partial charge in [0.05, 0.1) is 0 Å². The van der Waals surface area contributed by atoms with E-state index in [-0.39, 0.29) is 24.0 Å². The molecule has 0 heterocycles. The standard InChI is InChI=1S/C16H23N3.HI/c1-19(14-9-10-14)16(17)18-11-13-7-4-6-12-5-2-3-8-15(12)13;/h2-3,5,8,13-14H,4,6-7,9-11H2,1H3,(H2,17,18);1H. The second kappa shape index (κ2) is 6.78. The van der Waals surface area contributed by atoms with Crippen molar-refractivity contribution in [3.05, 3.63) is 35.4 Å². The van der Waals surface area contributed by atoms with Crippen LogP contribution in [0.1, 0.15) is 42.7 Å². The molecule has 0 bridgehead atoms. The zero-order valence-corrected chi connectivity index (χ0v) is 14.4. The van der Waals surface area contributed by atoms with Crippen molar-refractivity contribution >= 4 is 29.9 Å². The van der Waals surface area contributed by atoms with Crippen LogP contribution in [-0.4, -0.2) is 30.5 Å². The summed E-state index contributed by atoms with van der Waals surface area (Å²) < 4.78 is 0. The number of nitrogens with two attached hydrogens (primary N) is 1. The van der Waals surface area contributed by atoms with Crippen molar-refractivity contribution in [2.45, 2.75) is 44.1 Å². The monoisotopic (exact) mass is 385 g/mol. The molecule has 1 fully saturated rings. The van der Waals surface area contributed by atoms with Gasteiger partial charge in [0.2, 0.25) is 0 Å². The Morgan fingerprint density at radius 3 is 2.80 bits per heavy atom. The van der Waals surface area contributed by atoms with E-state index in [0.29, 0.717) is 17.9 Å². The molecular weight excluding hydrogens is 361 g/mol. The zero-order valence-electron chi connectivity index (χ0n) is 12.1. The molecule has 4 heteroatoms. The first-order chi connectivity index (χ1) is 9.25. The van der Waals surface area contributed by atoms with E-state index in [1.54, 1.807) is 0 Å². The number of guanidine groups is 1. The second-order valence-electron chi connectivity index (χ2n) is 5.83. The normalized spacial score (nSPS) is 21.9. The van der Waals surface area contributed by atoms with Crippen LogP contribution in [0.15, 0.2) is 29.3 Å². The van der Waals surface area contributed by atoms with Crippen molar-refractivity contribution in [1.82, 2.24) is 4.90 Å². The number of nitrogens with zero attached hydrogens (tertiary/aromatic N) is 2. The van der Waals surface area contributed by atoms with E-state index >= 15 is 0 Å². The van der Waals surface area contributed by atoms with E-state index in [1.807, 2.05) is 0 Å². The minimum Gasteiger partial charge on any atom is -0.370 e. The third-order valence-electron chi connectivity index (χ3n) is 4.42. The van der Waals surface area contributed by atoms with Gasteiger partial charge in [0, 0.05) is 25.6 Å². The molecule has 0 aliphatic heterocycles. The van der Waals surface area contributed by atoms with E-state index < -0.39 is 0 Å². The second-order valence-corrected chi connectivity index (χ2v) is 5.83. The van der Waals surface area contributed by atoms with Crippen molar-refractivity contribution in [3.63, 3.8) is 0 Å². The SMILES string of the molecule is CN(C(N)=NCC1CCCc2ccccc21)C1CC1.I. The lowest BCUT2D eigenvalue weighted by Gasteiger charge is -2.25. The lowest BCUT2D eigenvalue weighted by molar-refractivity contribution is 0.482. The Labute approximate surface area is 138 Å². The fourth-order valence-corrected chi connectivity index (χ4v) is 3.01.